The lowest BCUT2D eigenvalue weighted by Gasteiger charge is -2.09. The van der Waals surface area contributed by atoms with Crippen LogP contribution in [0, 0.1) is 0 Å². The maximum Gasteiger partial charge on any atom is 0.222 e. The molecule has 6 heteroatoms. The third-order valence-corrected chi connectivity index (χ3v) is 4.71. The molecule has 0 fully saturated rings. The maximum absolute atomic E-state index is 11.9. The van der Waals surface area contributed by atoms with E-state index in [2.05, 4.69) is 0 Å². The van der Waals surface area contributed by atoms with Gasteiger partial charge in [-0.3, -0.25) is 9.00 Å². The van der Waals surface area contributed by atoms with Gasteiger partial charge in [0.05, 0.1) is 10.0 Å². The van der Waals surface area contributed by atoms with Gasteiger partial charge in [0, 0.05) is 42.8 Å². The van der Waals surface area contributed by atoms with Crippen LogP contribution in [0.1, 0.15) is 18.4 Å². The number of carbonyl (C=O) groups excluding carboxylic acids is 1. The molecular weight excluding hydrogens is 305 g/mol. The van der Waals surface area contributed by atoms with E-state index in [-0.39, 0.29) is 5.91 Å². The molecule has 1 aromatic rings. The first-order valence-electron chi connectivity index (χ1n) is 5.89. The van der Waals surface area contributed by atoms with Crippen LogP contribution < -0.4 is 0 Å². The summed E-state index contributed by atoms with van der Waals surface area (Å²) in [7, 11) is 2.45. The summed E-state index contributed by atoms with van der Waals surface area (Å²) in [5.41, 5.74) is 0.895. The van der Waals surface area contributed by atoms with E-state index >= 15 is 0 Å². The number of hydrogen-bond donors (Lipinski definition) is 0. The lowest BCUT2D eigenvalue weighted by atomic mass is 10.2. The maximum atomic E-state index is 11.9. The molecule has 0 N–H and O–H groups in total. The van der Waals surface area contributed by atoms with Gasteiger partial charge in [-0.15, -0.1) is 0 Å². The van der Waals surface area contributed by atoms with Crippen molar-refractivity contribution >= 4 is 39.9 Å². The highest BCUT2D eigenvalue weighted by atomic mass is 35.5. The molecule has 0 saturated carbocycles. The molecule has 3 nitrogen and oxygen atoms in total. The number of amides is 1. The van der Waals surface area contributed by atoms with Crippen LogP contribution in [-0.2, 0) is 21.3 Å². The molecule has 1 rings (SSSR count). The zero-order valence-electron chi connectivity index (χ0n) is 11.0. The van der Waals surface area contributed by atoms with Crippen LogP contribution in [0.3, 0.4) is 0 Å². The topological polar surface area (TPSA) is 37.4 Å². The Labute approximate surface area is 126 Å². The van der Waals surface area contributed by atoms with E-state index in [1.807, 2.05) is 6.07 Å². The van der Waals surface area contributed by atoms with Crippen molar-refractivity contribution in [2.24, 2.45) is 0 Å². The molecule has 19 heavy (non-hydrogen) atoms. The van der Waals surface area contributed by atoms with Crippen molar-refractivity contribution in [3.8, 4) is 0 Å². The van der Waals surface area contributed by atoms with Gasteiger partial charge in [0.15, 0.2) is 0 Å². The van der Waals surface area contributed by atoms with Crippen molar-refractivity contribution < 1.29 is 9.00 Å². The fourth-order valence-electron chi connectivity index (χ4n) is 1.50. The minimum Gasteiger partial charge on any atom is -0.349 e. The Morgan fingerprint density at radius 2 is 1.95 bits per heavy atom. The third-order valence-electron chi connectivity index (χ3n) is 2.57. The smallest absolute Gasteiger partial charge is 0.222 e. The van der Waals surface area contributed by atoms with Crippen molar-refractivity contribution in [3.05, 3.63) is 33.8 Å². The van der Waals surface area contributed by atoms with Gasteiger partial charge in [0.2, 0.25) is 5.91 Å². The van der Waals surface area contributed by atoms with E-state index in [1.165, 1.54) is 0 Å². The summed E-state index contributed by atoms with van der Waals surface area (Å²) in [5.74, 6) is 1.01. The Morgan fingerprint density at radius 1 is 1.26 bits per heavy atom. The van der Waals surface area contributed by atoms with E-state index in [9.17, 15) is 9.00 Å². The van der Waals surface area contributed by atoms with Gasteiger partial charge >= 0.3 is 0 Å². The second-order valence-corrected chi connectivity index (χ2v) is 6.82. The van der Waals surface area contributed by atoms with Crippen LogP contribution in [0.4, 0.5) is 0 Å². The summed E-state index contributed by atoms with van der Waals surface area (Å²) in [6.45, 7) is 0. The van der Waals surface area contributed by atoms with E-state index in [1.54, 1.807) is 31.1 Å². The van der Waals surface area contributed by atoms with Crippen LogP contribution in [0.15, 0.2) is 18.2 Å². The van der Waals surface area contributed by atoms with E-state index in [0.717, 1.165) is 5.56 Å². The standard InChI is InChI=1S/C13H17Cl2NO2S/c1-16(2)13(17)4-3-7-19(18)9-10-5-6-11(14)12(15)8-10/h5-6,8H,3-4,7,9H2,1-2H3/t19-/m1/s1. The summed E-state index contributed by atoms with van der Waals surface area (Å²) < 4.78 is 11.9. The average Bonchev–Trinajstić information content (AvgIpc) is 2.33. The van der Waals surface area contributed by atoms with Gasteiger partial charge in [0.1, 0.15) is 0 Å². The molecule has 1 aromatic carbocycles. The van der Waals surface area contributed by atoms with Crippen LogP contribution in [0.5, 0.6) is 0 Å². The summed E-state index contributed by atoms with van der Waals surface area (Å²) >= 11 is 11.7. The molecule has 0 aliphatic carbocycles. The monoisotopic (exact) mass is 321 g/mol. The fraction of sp³-hybridized carbons (Fsp3) is 0.462. The Balaban J connectivity index is 2.39. The lowest BCUT2D eigenvalue weighted by Crippen LogP contribution is -2.21. The minimum absolute atomic E-state index is 0.0616. The molecular formula is C13H17Cl2NO2S. The van der Waals surface area contributed by atoms with Crippen LogP contribution in [0.2, 0.25) is 10.0 Å². The van der Waals surface area contributed by atoms with Crippen LogP contribution in [-0.4, -0.2) is 34.9 Å². The van der Waals surface area contributed by atoms with E-state index < -0.39 is 10.8 Å². The highest BCUT2D eigenvalue weighted by Gasteiger charge is 2.07. The molecule has 1 amide bonds. The highest BCUT2D eigenvalue weighted by molar-refractivity contribution is 7.84. The molecule has 1 atom stereocenters. The number of rotatable bonds is 6. The SMILES string of the molecule is CN(C)C(=O)CCC[S@@](=O)Cc1ccc(Cl)c(Cl)c1. The average molecular weight is 322 g/mol. The second kappa shape index (κ2) is 7.88. The van der Waals surface area contributed by atoms with Crippen molar-refractivity contribution in [1.29, 1.82) is 0 Å². The molecule has 0 heterocycles. The largest absolute Gasteiger partial charge is 0.349 e. The van der Waals surface area contributed by atoms with Gasteiger partial charge in [-0.05, 0) is 24.1 Å². The first-order chi connectivity index (χ1) is 8.90. The summed E-state index contributed by atoms with van der Waals surface area (Å²) in [6, 6.07) is 5.25. The molecule has 0 aromatic heterocycles. The first-order valence-corrected chi connectivity index (χ1v) is 8.13. The van der Waals surface area contributed by atoms with Gasteiger partial charge in [-0.2, -0.15) is 0 Å². The predicted octanol–water partition coefficient (Wildman–Crippen LogP) is 3.11. The molecule has 0 aliphatic rings. The Morgan fingerprint density at radius 3 is 2.53 bits per heavy atom. The van der Waals surface area contributed by atoms with E-state index in [4.69, 9.17) is 23.2 Å². The predicted molar refractivity (Wildman–Crippen MR) is 81.1 cm³/mol. The number of benzene rings is 1. The lowest BCUT2D eigenvalue weighted by molar-refractivity contribution is -0.128. The van der Waals surface area contributed by atoms with Gasteiger partial charge in [0.25, 0.3) is 0 Å². The van der Waals surface area contributed by atoms with Crippen molar-refractivity contribution in [2.45, 2.75) is 18.6 Å². The van der Waals surface area contributed by atoms with Crippen LogP contribution >= 0.6 is 23.2 Å². The normalized spacial score (nSPS) is 12.2. The van der Waals surface area contributed by atoms with Gasteiger partial charge in [-0.25, -0.2) is 0 Å². The molecule has 0 aliphatic heterocycles. The summed E-state index contributed by atoms with van der Waals surface area (Å²) in [6.07, 6.45) is 1.06. The highest BCUT2D eigenvalue weighted by Crippen LogP contribution is 2.23. The van der Waals surface area contributed by atoms with Gasteiger partial charge < -0.3 is 4.90 Å². The quantitative estimate of drug-likeness (QED) is 0.807. The number of nitrogens with zero attached hydrogens (tertiary/aromatic N) is 1. The number of halogens is 2. The molecule has 0 spiro atoms. The van der Waals surface area contributed by atoms with Crippen molar-refractivity contribution in [1.82, 2.24) is 4.90 Å². The zero-order chi connectivity index (χ0) is 14.4. The Kier molecular flexibility index (Phi) is 6.83. The third kappa shape index (κ3) is 5.93. The number of hydrogen-bond acceptors (Lipinski definition) is 2. The summed E-state index contributed by atoms with van der Waals surface area (Å²) in [4.78, 5) is 12.9. The first kappa shape index (κ1) is 16.5. The second-order valence-electron chi connectivity index (χ2n) is 4.43. The van der Waals surface area contributed by atoms with Crippen LogP contribution in [0.25, 0.3) is 0 Å². The van der Waals surface area contributed by atoms with Crippen molar-refractivity contribution in [2.75, 3.05) is 19.8 Å². The molecule has 106 valence electrons. The Hall–Kier alpha value is -0.580. The molecule has 0 radical (unpaired) electrons. The molecule has 0 bridgehead atoms. The fourth-order valence-corrected chi connectivity index (χ4v) is 2.98. The number of carbonyl (C=O) groups is 1. The van der Waals surface area contributed by atoms with Crippen molar-refractivity contribution in [3.63, 3.8) is 0 Å². The Bertz CT molecular complexity index is 478. The summed E-state index contributed by atoms with van der Waals surface area (Å²) in [5, 5.41) is 0.965. The van der Waals surface area contributed by atoms with E-state index in [0.29, 0.717) is 34.4 Å². The zero-order valence-corrected chi connectivity index (χ0v) is 13.3. The molecule has 0 saturated heterocycles. The minimum atomic E-state index is -0.988. The molecule has 0 unspecified atom stereocenters. The van der Waals surface area contributed by atoms with Gasteiger partial charge in [-0.1, -0.05) is 29.3 Å².